The van der Waals surface area contributed by atoms with Gasteiger partial charge < -0.3 is 5.73 Å². The maximum atomic E-state index is 12.6. The van der Waals surface area contributed by atoms with Crippen molar-refractivity contribution < 1.29 is 8.42 Å². The maximum absolute atomic E-state index is 12.6. The molecule has 0 spiro atoms. The van der Waals surface area contributed by atoms with Crippen LogP contribution in [0.4, 0.5) is 0 Å². The first-order valence-corrected chi connectivity index (χ1v) is 7.71. The molecule has 0 bridgehead atoms. The Morgan fingerprint density at radius 2 is 2.05 bits per heavy atom. The fourth-order valence-electron chi connectivity index (χ4n) is 1.97. The number of rotatable bonds is 6. The van der Waals surface area contributed by atoms with Gasteiger partial charge in [0.1, 0.15) is 0 Å². The normalized spacial score (nSPS) is 11.8. The van der Waals surface area contributed by atoms with Crippen LogP contribution in [0.25, 0.3) is 0 Å². The van der Waals surface area contributed by atoms with Crippen molar-refractivity contribution in [2.45, 2.75) is 32.2 Å². The molecule has 106 valence electrons. The van der Waals surface area contributed by atoms with Crippen molar-refractivity contribution in [1.29, 1.82) is 0 Å². The van der Waals surface area contributed by atoms with Gasteiger partial charge in [0.25, 0.3) is 0 Å². The summed E-state index contributed by atoms with van der Waals surface area (Å²) >= 11 is 0. The van der Waals surface area contributed by atoms with E-state index in [-0.39, 0.29) is 0 Å². The van der Waals surface area contributed by atoms with Crippen molar-refractivity contribution in [3.8, 4) is 0 Å². The molecule has 1 aromatic carbocycles. The molecule has 0 fully saturated rings. The van der Waals surface area contributed by atoms with Crippen LogP contribution < -0.4 is 5.73 Å². The predicted octanol–water partition coefficient (Wildman–Crippen LogP) is 2.04. The minimum Gasteiger partial charge on any atom is -0.326 e. The van der Waals surface area contributed by atoms with Crippen molar-refractivity contribution >= 4 is 10.0 Å². The molecule has 4 nitrogen and oxygen atoms in total. The summed E-state index contributed by atoms with van der Waals surface area (Å²) in [6.45, 7) is 10.3. The fourth-order valence-corrected chi connectivity index (χ4v) is 3.74. The van der Waals surface area contributed by atoms with Gasteiger partial charge in [-0.25, -0.2) is 8.42 Å². The summed E-state index contributed by atoms with van der Waals surface area (Å²) in [5, 5.41) is 0. The van der Waals surface area contributed by atoms with Gasteiger partial charge in [-0.05, 0) is 31.0 Å². The van der Waals surface area contributed by atoms with E-state index in [2.05, 4.69) is 6.58 Å². The Morgan fingerprint density at radius 1 is 1.42 bits per heavy atom. The maximum Gasteiger partial charge on any atom is 0.243 e. The van der Waals surface area contributed by atoms with Crippen LogP contribution in [0.15, 0.2) is 35.2 Å². The van der Waals surface area contributed by atoms with Crippen LogP contribution in [-0.4, -0.2) is 25.8 Å². The Bertz CT molecular complexity index is 565. The first kappa shape index (κ1) is 15.9. The van der Waals surface area contributed by atoms with E-state index in [1.54, 1.807) is 19.1 Å². The highest BCUT2D eigenvalue weighted by Gasteiger charge is 2.25. The highest BCUT2D eigenvalue weighted by atomic mass is 32.2. The quantitative estimate of drug-likeness (QED) is 0.812. The van der Waals surface area contributed by atoms with Crippen LogP contribution in [0, 0.1) is 6.92 Å². The lowest BCUT2D eigenvalue weighted by molar-refractivity contribution is 0.452. The topological polar surface area (TPSA) is 63.4 Å². The van der Waals surface area contributed by atoms with Crippen molar-refractivity contribution in [3.05, 3.63) is 41.5 Å². The Kier molecular flexibility index (Phi) is 5.29. The van der Waals surface area contributed by atoms with Crippen LogP contribution >= 0.6 is 0 Å². The first-order valence-electron chi connectivity index (χ1n) is 6.27. The molecule has 0 aliphatic rings. The third-order valence-corrected chi connectivity index (χ3v) is 5.10. The van der Waals surface area contributed by atoms with Crippen LogP contribution in [0.1, 0.15) is 25.0 Å². The van der Waals surface area contributed by atoms with Gasteiger partial charge >= 0.3 is 0 Å². The zero-order valence-corrected chi connectivity index (χ0v) is 12.6. The summed E-state index contributed by atoms with van der Waals surface area (Å²) < 4.78 is 26.7. The number of nitrogens with two attached hydrogens (primary N) is 1. The molecule has 0 amide bonds. The number of likely N-dealkylation sites (N-methyl/N-ethyl adjacent to an activating group) is 1. The van der Waals surface area contributed by atoms with Crippen molar-refractivity contribution in [1.82, 2.24) is 4.31 Å². The summed E-state index contributed by atoms with van der Waals surface area (Å²) in [4.78, 5) is 0.332. The Hall–Kier alpha value is -1.17. The monoisotopic (exact) mass is 282 g/mol. The average molecular weight is 282 g/mol. The molecule has 0 radical (unpaired) electrons. The molecule has 2 N–H and O–H groups in total. The number of nitrogens with zero attached hydrogens (tertiary/aromatic N) is 1. The lowest BCUT2D eigenvalue weighted by Crippen LogP contribution is -2.32. The molecule has 1 rings (SSSR count). The van der Waals surface area contributed by atoms with Crippen LogP contribution in [-0.2, 0) is 16.6 Å². The van der Waals surface area contributed by atoms with Crippen molar-refractivity contribution in [2.24, 2.45) is 5.73 Å². The summed E-state index contributed by atoms with van der Waals surface area (Å²) in [7, 11) is -3.49. The largest absolute Gasteiger partial charge is 0.326 e. The summed E-state index contributed by atoms with van der Waals surface area (Å²) in [5.41, 5.74) is 8.03. The van der Waals surface area contributed by atoms with E-state index >= 15 is 0 Å². The molecule has 0 heterocycles. The molecule has 0 aromatic heterocycles. The Balaban J connectivity index is 3.30. The highest BCUT2D eigenvalue weighted by Crippen LogP contribution is 2.22. The van der Waals surface area contributed by atoms with Gasteiger partial charge in [-0.15, -0.1) is 0 Å². The van der Waals surface area contributed by atoms with E-state index in [0.29, 0.717) is 24.5 Å². The van der Waals surface area contributed by atoms with Crippen LogP contribution in [0.2, 0.25) is 0 Å². The minimum atomic E-state index is -3.49. The molecule has 1 aromatic rings. The molecule has 0 atom stereocenters. The van der Waals surface area contributed by atoms with E-state index in [9.17, 15) is 8.42 Å². The molecule has 0 aliphatic heterocycles. The van der Waals surface area contributed by atoms with Crippen LogP contribution in [0.5, 0.6) is 0 Å². The molecular weight excluding hydrogens is 260 g/mol. The van der Waals surface area contributed by atoms with Crippen molar-refractivity contribution in [3.63, 3.8) is 0 Å². The molecular formula is C14H22N2O2S. The number of benzene rings is 1. The SMILES string of the molecule is C=C(C)CN(CC)S(=O)(=O)c1cccc(CN)c1C. The van der Waals surface area contributed by atoms with Crippen LogP contribution in [0.3, 0.4) is 0 Å². The van der Waals surface area contributed by atoms with Crippen molar-refractivity contribution in [2.75, 3.05) is 13.1 Å². The van der Waals surface area contributed by atoms with Gasteiger partial charge in [0.05, 0.1) is 4.90 Å². The highest BCUT2D eigenvalue weighted by molar-refractivity contribution is 7.89. The van der Waals surface area contributed by atoms with Gasteiger partial charge in [0.15, 0.2) is 0 Å². The number of hydrogen-bond donors (Lipinski definition) is 1. The van der Waals surface area contributed by atoms with Gasteiger partial charge in [-0.3, -0.25) is 0 Å². The van der Waals surface area contributed by atoms with E-state index in [1.165, 1.54) is 4.31 Å². The van der Waals surface area contributed by atoms with E-state index < -0.39 is 10.0 Å². The average Bonchev–Trinajstić information content (AvgIpc) is 2.35. The van der Waals surface area contributed by atoms with Gasteiger partial charge in [0.2, 0.25) is 10.0 Å². The fraction of sp³-hybridized carbons (Fsp3) is 0.429. The second-order valence-electron chi connectivity index (χ2n) is 4.63. The zero-order valence-electron chi connectivity index (χ0n) is 11.8. The second kappa shape index (κ2) is 6.32. The molecule has 0 unspecified atom stereocenters. The van der Waals surface area contributed by atoms with Gasteiger partial charge in [-0.1, -0.05) is 31.2 Å². The molecule has 5 heteroatoms. The van der Waals surface area contributed by atoms with Gasteiger partial charge in [-0.2, -0.15) is 4.31 Å². The van der Waals surface area contributed by atoms with Gasteiger partial charge in [0, 0.05) is 19.6 Å². The predicted molar refractivity (Wildman–Crippen MR) is 78.3 cm³/mol. The lowest BCUT2D eigenvalue weighted by Gasteiger charge is -2.22. The third-order valence-electron chi connectivity index (χ3n) is 3.03. The van der Waals surface area contributed by atoms with E-state index in [0.717, 1.165) is 16.7 Å². The summed E-state index contributed by atoms with van der Waals surface area (Å²) in [6.07, 6.45) is 0. The standard InChI is InChI=1S/C14H22N2O2S/c1-5-16(10-11(2)3)19(17,18)14-8-6-7-13(9-15)12(14)4/h6-8H,2,5,9-10,15H2,1,3-4H3. The first-order chi connectivity index (χ1) is 8.84. The van der Waals surface area contributed by atoms with E-state index in [4.69, 9.17) is 5.73 Å². The minimum absolute atomic E-state index is 0.332. The molecule has 19 heavy (non-hydrogen) atoms. The molecule has 0 saturated carbocycles. The second-order valence-corrected chi connectivity index (χ2v) is 6.54. The summed E-state index contributed by atoms with van der Waals surface area (Å²) in [6, 6.07) is 5.21. The molecule has 0 aliphatic carbocycles. The Labute approximate surface area is 116 Å². The zero-order chi connectivity index (χ0) is 14.6. The molecule has 0 saturated heterocycles. The smallest absolute Gasteiger partial charge is 0.243 e. The van der Waals surface area contributed by atoms with E-state index in [1.807, 2.05) is 19.9 Å². The number of sulfonamides is 1. The third kappa shape index (κ3) is 3.43. The number of hydrogen-bond acceptors (Lipinski definition) is 3. The summed E-state index contributed by atoms with van der Waals surface area (Å²) in [5.74, 6) is 0. The lowest BCUT2D eigenvalue weighted by atomic mass is 10.1. The Morgan fingerprint density at radius 3 is 2.53 bits per heavy atom.